The first-order valence-electron chi connectivity index (χ1n) is 21.3. The molecule has 1 amide bonds. The molecule has 28 nitrogen and oxygen atoms in total. The molecule has 0 unspecified atom stereocenters. The minimum absolute atomic E-state index is 0.0845. The standard InChI is InChI=1S/C42H59NO27/c1-13-43-40(55)37(64-25(10)52)34(61-22(7)49)32(28(59-20(5)47)14-56-17(2)44)69-42-39(66-27(12)54)36(63-24(9)51)33(30(68-42)16-58-19(4)46)70-41-38(65-26(11)53)35(62-23(8)50)31(60-21(6)48)29(67-41)15-57-18(3)45/h28-39,41-42H,13-16H2,1-12H3,(H,43,55)/t28-,29-,30-,31-,32-,33-,34+,35+,36+,37-,38-,39-,41+,42-/m1/s1. The second kappa shape index (κ2) is 28.2. The third-order valence-electron chi connectivity index (χ3n) is 9.14. The lowest BCUT2D eigenvalue weighted by Gasteiger charge is -2.49. The molecule has 70 heavy (non-hydrogen) atoms. The summed E-state index contributed by atoms with van der Waals surface area (Å²) in [4.78, 5) is 152. The van der Waals surface area contributed by atoms with Gasteiger partial charge in [-0.3, -0.25) is 57.5 Å². The van der Waals surface area contributed by atoms with E-state index in [-0.39, 0.29) is 6.54 Å². The van der Waals surface area contributed by atoms with Gasteiger partial charge in [0.2, 0.25) is 6.10 Å². The fraction of sp³-hybridized carbons (Fsp3) is 0.714. The van der Waals surface area contributed by atoms with Gasteiger partial charge in [-0.05, 0) is 6.92 Å². The second-order valence-corrected chi connectivity index (χ2v) is 15.2. The van der Waals surface area contributed by atoms with Crippen molar-refractivity contribution < 1.29 is 129 Å². The van der Waals surface area contributed by atoms with Crippen LogP contribution in [0.4, 0.5) is 0 Å². The van der Waals surface area contributed by atoms with Crippen LogP contribution in [0.2, 0.25) is 0 Å². The van der Waals surface area contributed by atoms with E-state index >= 15 is 0 Å². The summed E-state index contributed by atoms with van der Waals surface area (Å²) in [7, 11) is 0. The van der Waals surface area contributed by atoms with Gasteiger partial charge in [-0.15, -0.1) is 0 Å². The first kappa shape index (κ1) is 59.6. The van der Waals surface area contributed by atoms with Gasteiger partial charge in [-0.1, -0.05) is 0 Å². The van der Waals surface area contributed by atoms with Gasteiger partial charge in [0.1, 0.15) is 44.2 Å². The molecule has 0 spiro atoms. The summed E-state index contributed by atoms with van der Waals surface area (Å²) in [5, 5.41) is 2.39. The number of hydrogen-bond acceptors (Lipinski definition) is 27. The van der Waals surface area contributed by atoms with E-state index in [1.165, 1.54) is 6.92 Å². The van der Waals surface area contributed by atoms with Gasteiger partial charge < -0.3 is 76.4 Å². The Morgan fingerprint density at radius 3 is 1.26 bits per heavy atom. The van der Waals surface area contributed by atoms with Gasteiger partial charge in [0.05, 0.1) is 0 Å². The first-order valence-corrected chi connectivity index (χ1v) is 21.3. The largest absolute Gasteiger partial charge is 0.463 e. The van der Waals surface area contributed by atoms with Crippen molar-refractivity contribution in [1.82, 2.24) is 5.32 Å². The summed E-state index contributed by atoms with van der Waals surface area (Å²) in [6.07, 6.45) is -27.7. The van der Waals surface area contributed by atoms with E-state index in [9.17, 15) is 57.5 Å². The monoisotopic (exact) mass is 1010 g/mol. The Morgan fingerprint density at radius 1 is 0.429 bits per heavy atom. The summed E-state index contributed by atoms with van der Waals surface area (Å²) < 4.78 is 84.6. The van der Waals surface area contributed by atoms with E-state index in [4.69, 9.17) is 71.1 Å². The highest BCUT2D eigenvalue weighted by molar-refractivity contribution is 5.84. The van der Waals surface area contributed by atoms with E-state index in [1.807, 2.05) is 0 Å². The van der Waals surface area contributed by atoms with Crippen LogP contribution in [-0.4, -0.2) is 184 Å². The maximum Gasteiger partial charge on any atom is 0.303 e. The van der Waals surface area contributed by atoms with Gasteiger partial charge in [0.15, 0.2) is 55.3 Å². The van der Waals surface area contributed by atoms with Crippen LogP contribution in [0.25, 0.3) is 0 Å². The van der Waals surface area contributed by atoms with Crippen LogP contribution in [0.3, 0.4) is 0 Å². The normalized spacial score (nSPS) is 25.5. The topological polar surface area (TPSA) is 355 Å². The zero-order valence-corrected chi connectivity index (χ0v) is 40.4. The van der Waals surface area contributed by atoms with Crippen molar-refractivity contribution in [1.29, 1.82) is 0 Å². The molecule has 2 rings (SSSR count). The quantitative estimate of drug-likeness (QED) is 0.0897. The Balaban J connectivity index is 3.09. The van der Waals surface area contributed by atoms with E-state index in [2.05, 4.69) is 5.32 Å². The van der Waals surface area contributed by atoms with Crippen molar-refractivity contribution in [3.8, 4) is 0 Å². The highest BCUT2D eigenvalue weighted by Gasteiger charge is 2.59. The first-order chi connectivity index (χ1) is 32.6. The van der Waals surface area contributed by atoms with Crippen molar-refractivity contribution in [2.24, 2.45) is 0 Å². The fourth-order valence-corrected chi connectivity index (χ4v) is 6.94. The van der Waals surface area contributed by atoms with Crippen molar-refractivity contribution in [2.45, 2.75) is 169 Å². The van der Waals surface area contributed by atoms with Crippen LogP contribution >= 0.6 is 0 Å². The van der Waals surface area contributed by atoms with E-state index in [0.29, 0.717) is 0 Å². The zero-order valence-electron chi connectivity index (χ0n) is 40.4. The maximum absolute atomic E-state index is 13.6. The number of amides is 1. The molecule has 2 aliphatic rings. The Labute approximate surface area is 400 Å². The number of carbonyl (C=O) groups is 12. The maximum atomic E-state index is 13.6. The minimum atomic E-state index is -2.23. The lowest BCUT2D eigenvalue weighted by Crippen LogP contribution is -2.68. The number of esters is 11. The van der Waals surface area contributed by atoms with Crippen LogP contribution in [0.15, 0.2) is 0 Å². The average Bonchev–Trinajstić information content (AvgIpc) is 3.21. The molecule has 0 aromatic heterocycles. The predicted molar refractivity (Wildman–Crippen MR) is 220 cm³/mol. The molecule has 0 saturated carbocycles. The molecule has 28 heteroatoms. The van der Waals surface area contributed by atoms with Gasteiger partial charge in [-0.25, -0.2) is 0 Å². The minimum Gasteiger partial charge on any atom is -0.463 e. The molecule has 14 atom stereocenters. The Kier molecular flexibility index (Phi) is 24.0. The van der Waals surface area contributed by atoms with Gasteiger partial charge in [0, 0.05) is 82.7 Å². The second-order valence-electron chi connectivity index (χ2n) is 15.2. The molecule has 0 aromatic carbocycles. The number of nitrogens with one attached hydrogen (secondary N) is 1. The zero-order chi connectivity index (χ0) is 53.2. The number of carbonyl (C=O) groups excluding carboxylic acids is 12. The van der Waals surface area contributed by atoms with Crippen LogP contribution in [0, 0.1) is 0 Å². The highest BCUT2D eigenvalue weighted by atomic mass is 16.8. The smallest absolute Gasteiger partial charge is 0.303 e. The fourth-order valence-electron chi connectivity index (χ4n) is 6.94. The van der Waals surface area contributed by atoms with Crippen LogP contribution in [-0.2, 0) is 129 Å². The SMILES string of the molecule is CCNC(=O)[C@H](OC(C)=O)[C@@H](OC(C)=O)[C@H](O[C@H]1O[C@H](COC(C)=O)[C@@H](O[C@@H]2O[C@H](COC(C)=O)[C@@H](OC(C)=O)[C@H](OC(C)=O)[C@H]2OC(C)=O)[C@H](OC(C)=O)[C@H]1OC(C)=O)[C@@H](COC(C)=O)OC(C)=O. The van der Waals surface area contributed by atoms with Crippen LogP contribution < -0.4 is 5.32 Å². The van der Waals surface area contributed by atoms with Crippen molar-refractivity contribution in [3.63, 3.8) is 0 Å². The van der Waals surface area contributed by atoms with Crippen molar-refractivity contribution in [2.75, 3.05) is 26.4 Å². The molecule has 1 N–H and O–H groups in total. The number of rotatable bonds is 23. The van der Waals surface area contributed by atoms with Crippen LogP contribution in [0.5, 0.6) is 0 Å². The number of hydrogen-bond donors (Lipinski definition) is 1. The molecule has 0 aliphatic carbocycles. The third-order valence-corrected chi connectivity index (χ3v) is 9.14. The number of ether oxygens (including phenoxy) is 15. The predicted octanol–water partition coefficient (Wildman–Crippen LogP) is -1.51. The Bertz CT molecular complexity index is 1920. The molecule has 2 saturated heterocycles. The van der Waals surface area contributed by atoms with Crippen LogP contribution in [0.1, 0.15) is 83.1 Å². The van der Waals surface area contributed by atoms with Gasteiger partial charge in [-0.2, -0.15) is 0 Å². The molecule has 394 valence electrons. The molecular weight excluding hydrogens is 950 g/mol. The third kappa shape index (κ3) is 19.5. The summed E-state index contributed by atoms with van der Waals surface area (Å²) in [6.45, 7) is 9.17. The lowest BCUT2D eigenvalue weighted by molar-refractivity contribution is -0.369. The van der Waals surface area contributed by atoms with E-state index in [0.717, 1.165) is 76.2 Å². The molecule has 2 aliphatic heterocycles. The molecule has 2 fully saturated rings. The van der Waals surface area contributed by atoms with E-state index < -0.39 is 177 Å². The van der Waals surface area contributed by atoms with Gasteiger partial charge in [0.25, 0.3) is 5.91 Å². The summed E-state index contributed by atoms with van der Waals surface area (Å²) in [6, 6.07) is 0. The molecule has 0 aromatic rings. The highest BCUT2D eigenvalue weighted by Crippen LogP contribution is 2.37. The molecule has 2 heterocycles. The summed E-state index contributed by atoms with van der Waals surface area (Å²) in [5.74, 6) is -12.5. The Morgan fingerprint density at radius 2 is 0.829 bits per heavy atom. The summed E-state index contributed by atoms with van der Waals surface area (Å²) in [5.41, 5.74) is 0. The van der Waals surface area contributed by atoms with E-state index in [1.54, 1.807) is 0 Å². The lowest BCUT2D eigenvalue weighted by atomic mass is 9.95. The molecule has 0 bridgehead atoms. The Hall–Kier alpha value is -6.52. The molecular formula is C42H59NO27. The van der Waals surface area contributed by atoms with Crippen molar-refractivity contribution in [3.05, 3.63) is 0 Å². The van der Waals surface area contributed by atoms with Gasteiger partial charge >= 0.3 is 65.7 Å². The molecule has 0 radical (unpaired) electrons. The number of likely N-dealkylation sites (N-methyl/N-ethyl adjacent to an activating group) is 1. The van der Waals surface area contributed by atoms with Crippen molar-refractivity contribution >= 4 is 71.6 Å². The average molecular weight is 1010 g/mol. The summed E-state index contributed by atoms with van der Waals surface area (Å²) >= 11 is 0.